The molecule has 2 aliphatic rings. The molecule has 2 fully saturated rings. The number of nitrogens with zero attached hydrogens (tertiary/aromatic N) is 1. The van der Waals surface area contributed by atoms with E-state index in [1.165, 1.54) is 0 Å². The molecule has 3 unspecified atom stereocenters. The Hall–Kier alpha value is -0.650. The van der Waals surface area contributed by atoms with Gasteiger partial charge in [-0.3, -0.25) is 4.79 Å². The smallest absolute Gasteiger partial charge is 0.225 e. The van der Waals surface area contributed by atoms with E-state index in [-0.39, 0.29) is 24.7 Å². The molecular weight excluding hydrogens is 256 g/mol. The van der Waals surface area contributed by atoms with Crippen LogP contribution in [0.2, 0.25) is 0 Å². The summed E-state index contributed by atoms with van der Waals surface area (Å²) in [6.07, 6.45) is 4.83. The third-order valence-corrected chi connectivity index (χ3v) is 4.73. The average molecular weight is 284 g/mol. The highest BCUT2D eigenvalue weighted by molar-refractivity contribution is 5.79. The lowest BCUT2D eigenvalue weighted by Crippen LogP contribution is -2.47. The topological polar surface area (TPSA) is 75.8 Å². The second kappa shape index (κ2) is 7.38. The van der Waals surface area contributed by atoms with Crippen molar-refractivity contribution in [2.75, 3.05) is 26.3 Å². The number of carbonyl (C=O) groups excluding carboxylic acids is 1. The first kappa shape index (κ1) is 15.7. The van der Waals surface area contributed by atoms with Crippen LogP contribution in [-0.4, -0.2) is 54.4 Å². The Kier molecular flexibility index (Phi) is 5.81. The van der Waals surface area contributed by atoms with Gasteiger partial charge in [-0.1, -0.05) is 6.92 Å². The van der Waals surface area contributed by atoms with Gasteiger partial charge in [0.05, 0.1) is 19.3 Å². The lowest BCUT2D eigenvalue weighted by atomic mass is 9.77. The number of hydrogen-bond donors (Lipinski definition) is 2. The Bertz CT molecular complexity index is 316. The number of ether oxygens (including phenoxy) is 1. The van der Waals surface area contributed by atoms with Crippen molar-refractivity contribution in [3.8, 4) is 0 Å². The fourth-order valence-electron chi connectivity index (χ4n) is 3.50. The molecule has 1 amide bonds. The maximum atomic E-state index is 12.6. The van der Waals surface area contributed by atoms with Gasteiger partial charge in [-0.05, 0) is 38.0 Å². The van der Waals surface area contributed by atoms with Crippen LogP contribution in [0.3, 0.4) is 0 Å². The zero-order valence-electron chi connectivity index (χ0n) is 12.5. The molecule has 116 valence electrons. The van der Waals surface area contributed by atoms with E-state index in [4.69, 9.17) is 15.6 Å². The molecule has 3 N–H and O–H groups in total. The van der Waals surface area contributed by atoms with Gasteiger partial charge in [-0.15, -0.1) is 0 Å². The predicted octanol–water partition coefficient (Wildman–Crippen LogP) is 0.750. The summed E-state index contributed by atoms with van der Waals surface area (Å²) >= 11 is 0. The van der Waals surface area contributed by atoms with Crippen molar-refractivity contribution < 1.29 is 14.6 Å². The highest BCUT2D eigenvalue weighted by atomic mass is 16.5. The van der Waals surface area contributed by atoms with Crippen LogP contribution in [0.25, 0.3) is 0 Å². The average Bonchev–Trinajstić information content (AvgIpc) is 2.45. The summed E-state index contributed by atoms with van der Waals surface area (Å²) in [5.74, 6) is 0.865. The van der Waals surface area contributed by atoms with Gasteiger partial charge < -0.3 is 20.5 Å². The number of aliphatic hydroxyl groups excluding tert-OH is 1. The first-order chi connectivity index (χ1) is 9.61. The van der Waals surface area contributed by atoms with Gasteiger partial charge in [-0.25, -0.2) is 0 Å². The third-order valence-electron chi connectivity index (χ3n) is 4.73. The molecule has 1 aliphatic carbocycles. The number of piperidine rings is 1. The Morgan fingerprint density at radius 2 is 2.00 bits per heavy atom. The minimum atomic E-state index is 0.0684. The summed E-state index contributed by atoms with van der Waals surface area (Å²) in [6, 6.07) is 0.270. The molecule has 0 spiro atoms. The fraction of sp³-hybridized carbons (Fsp3) is 0.933. The van der Waals surface area contributed by atoms with E-state index in [1.807, 2.05) is 4.90 Å². The van der Waals surface area contributed by atoms with Gasteiger partial charge in [0.1, 0.15) is 0 Å². The molecule has 0 aromatic rings. The van der Waals surface area contributed by atoms with E-state index in [0.717, 1.165) is 45.2 Å². The summed E-state index contributed by atoms with van der Waals surface area (Å²) in [4.78, 5) is 14.6. The van der Waals surface area contributed by atoms with Crippen molar-refractivity contribution in [3.05, 3.63) is 0 Å². The van der Waals surface area contributed by atoms with E-state index in [1.54, 1.807) is 0 Å². The Morgan fingerprint density at radius 3 is 2.60 bits per heavy atom. The first-order valence-electron chi connectivity index (χ1n) is 7.88. The third kappa shape index (κ3) is 3.93. The maximum Gasteiger partial charge on any atom is 0.225 e. The predicted molar refractivity (Wildman–Crippen MR) is 77.1 cm³/mol. The van der Waals surface area contributed by atoms with E-state index in [9.17, 15) is 4.79 Å². The minimum Gasteiger partial charge on any atom is -0.394 e. The maximum absolute atomic E-state index is 12.6. The van der Waals surface area contributed by atoms with Crippen LogP contribution < -0.4 is 5.73 Å². The van der Waals surface area contributed by atoms with Gasteiger partial charge in [0.2, 0.25) is 5.91 Å². The van der Waals surface area contributed by atoms with Gasteiger partial charge in [0.15, 0.2) is 0 Å². The molecule has 1 heterocycles. The molecule has 5 nitrogen and oxygen atoms in total. The van der Waals surface area contributed by atoms with Crippen molar-refractivity contribution in [2.24, 2.45) is 17.6 Å². The highest BCUT2D eigenvalue weighted by Gasteiger charge is 2.34. The van der Waals surface area contributed by atoms with Crippen LogP contribution in [0.4, 0.5) is 0 Å². The molecule has 1 saturated heterocycles. The van der Waals surface area contributed by atoms with Gasteiger partial charge in [-0.2, -0.15) is 0 Å². The Labute approximate surface area is 121 Å². The van der Waals surface area contributed by atoms with Crippen LogP contribution in [0.5, 0.6) is 0 Å². The van der Waals surface area contributed by atoms with Gasteiger partial charge in [0.25, 0.3) is 0 Å². The summed E-state index contributed by atoms with van der Waals surface area (Å²) in [6.45, 7) is 4.18. The van der Waals surface area contributed by atoms with Gasteiger partial charge in [0, 0.05) is 25.0 Å². The second-order valence-electron chi connectivity index (χ2n) is 6.28. The van der Waals surface area contributed by atoms with Crippen molar-refractivity contribution in [2.45, 2.75) is 51.2 Å². The lowest BCUT2D eigenvalue weighted by Gasteiger charge is -2.38. The van der Waals surface area contributed by atoms with E-state index in [2.05, 4.69) is 6.92 Å². The van der Waals surface area contributed by atoms with Gasteiger partial charge >= 0.3 is 0 Å². The fourth-order valence-corrected chi connectivity index (χ4v) is 3.50. The number of likely N-dealkylation sites (tertiary alicyclic amines) is 1. The zero-order chi connectivity index (χ0) is 14.5. The van der Waals surface area contributed by atoms with Crippen molar-refractivity contribution in [3.63, 3.8) is 0 Å². The quantitative estimate of drug-likeness (QED) is 0.799. The molecule has 1 saturated carbocycles. The summed E-state index contributed by atoms with van der Waals surface area (Å²) in [5, 5.41) is 8.76. The molecular formula is C15H28N2O3. The summed E-state index contributed by atoms with van der Waals surface area (Å²) in [5.41, 5.74) is 5.97. The molecule has 3 atom stereocenters. The molecule has 20 heavy (non-hydrogen) atoms. The number of rotatable bonds is 4. The van der Waals surface area contributed by atoms with Crippen LogP contribution in [0.15, 0.2) is 0 Å². The number of amides is 1. The van der Waals surface area contributed by atoms with Crippen molar-refractivity contribution >= 4 is 5.91 Å². The van der Waals surface area contributed by atoms with Crippen molar-refractivity contribution in [1.82, 2.24) is 4.90 Å². The van der Waals surface area contributed by atoms with Crippen molar-refractivity contribution in [1.29, 1.82) is 0 Å². The van der Waals surface area contributed by atoms with Crippen LogP contribution in [-0.2, 0) is 9.53 Å². The second-order valence-corrected chi connectivity index (χ2v) is 6.28. The zero-order valence-corrected chi connectivity index (χ0v) is 12.5. The largest absolute Gasteiger partial charge is 0.394 e. The number of hydrogen-bond acceptors (Lipinski definition) is 4. The Balaban J connectivity index is 1.79. The van der Waals surface area contributed by atoms with E-state index >= 15 is 0 Å². The molecule has 1 aliphatic heterocycles. The standard InChI is InChI=1S/C15H28N2O3/c1-11-10-12(16)2-3-14(11)15(19)17-6-4-13(5-7-17)20-9-8-18/h11-14,18H,2-10,16H2,1H3. The summed E-state index contributed by atoms with van der Waals surface area (Å²) in [7, 11) is 0. The number of nitrogens with two attached hydrogens (primary N) is 1. The van der Waals surface area contributed by atoms with Crippen LogP contribution >= 0.6 is 0 Å². The van der Waals surface area contributed by atoms with Crippen LogP contribution in [0, 0.1) is 11.8 Å². The normalized spacial score (nSPS) is 32.4. The SMILES string of the molecule is CC1CC(N)CCC1C(=O)N1CCC(OCCO)CC1. The Morgan fingerprint density at radius 1 is 1.30 bits per heavy atom. The molecule has 2 rings (SSSR count). The molecule has 0 radical (unpaired) electrons. The van der Waals surface area contributed by atoms with E-state index in [0.29, 0.717) is 18.4 Å². The summed E-state index contributed by atoms with van der Waals surface area (Å²) < 4.78 is 5.54. The molecule has 0 aromatic carbocycles. The number of aliphatic hydroxyl groups is 1. The molecule has 0 bridgehead atoms. The molecule has 5 heteroatoms. The molecule has 0 aromatic heterocycles. The number of carbonyl (C=O) groups is 1. The van der Waals surface area contributed by atoms with Crippen LogP contribution in [0.1, 0.15) is 39.0 Å². The minimum absolute atomic E-state index is 0.0684. The van der Waals surface area contributed by atoms with E-state index < -0.39 is 0 Å². The lowest BCUT2D eigenvalue weighted by molar-refractivity contribution is -0.141. The monoisotopic (exact) mass is 284 g/mol. The highest BCUT2D eigenvalue weighted by Crippen LogP contribution is 2.31. The first-order valence-corrected chi connectivity index (χ1v) is 7.88.